The second-order valence-corrected chi connectivity index (χ2v) is 9.33. The molecule has 1 aliphatic rings. The van der Waals surface area contributed by atoms with Crippen LogP contribution >= 0.6 is 11.6 Å². The van der Waals surface area contributed by atoms with Crippen LogP contribution in [0.3, 0.4) is 0 Å². The predicted molar refractivity (Wildman–Crippen MR) is 131 cm³/mol. The molecule has 0 spiro atoms. The second kappa shape index (κ2) is 12.2. The van der Waals surface area contributed by atoms with E-state index < -0.39 is 0 Å². The lowest BCUT2D eigenvalue weighted by atomic mass is 9.78. The van der Waals surface area contributed by atoms with Gasteiger partial charge in [0, 0.05) is 16.5 Å². The fourth-order valence-corrected chi connectivity index (χ4v) is 4.84. The number of hydrogen-bond acceptors (Lipinski definition) is 0. The maximum Gasteiger partial charge on any atom is 0.0450 e. The van der Waals surface area contributed by atoms with E-state index in [0.29, 0.717) is 11.8 Å². The first-order chi connectivity index (χ1) is 14.7. The molecule has 1 saturated carbocycles. The summed E-state index contributed by atoms with van der Waals surface area (Å²) in [6.07, 6.45) is 13.7. The van der Waals surface area contributed by atoms with E-state index in [2.05, 4.69) is 62.1 Å². The first-order valence-corrected chi connectivity index (χ1v) is 12.5. The van der Waals surface area contributed by atoms with E-state index in [9.17, 15) is 0 Å². The number of rotatable bonds is 8. The van der Waals surface area contributed by atoms with Crippen LogP contribution in [0.1, 0.15) is 99.8 Å². The van der Waals surface area contributed by atoms with Gasteiger partial charge in [0.25, 0.3) is 0 Å². The highest BCUT2D eigenvalue weighted by atomic mass is 35.5. The van der Waals surface area contributed by atoms with Gasteiger partial charge in [-0.05, 0) is 79.7 Å². The van der Waals surface area contributed by atoms with Crippen LogP contribution in [-0.2, 0) is 12.8 Å². The van der Waals surface area contributed by atoms with Crippen LogP contribution < -0.4 is 0 Å². The third kappa shape index (κ3) is 6.92. The summed E-state index contributed by atoms with van der Waals surface area (Å²) in [5.74, 6) is 8.13. The van der Waals surface area contributed by atoms with Crippen molar-refractivity contribution in [1.82, 2.24) is 0 Å². The van der Waals surface area contributed by atoms with Crippen LogP contribution in [-0.4, -0.2) is 0 Å². The molecular formula is C29H37Cl. The minimum atomic E-state index is 0.521. The molecule has 1 aliphatic carbocycles. The van der Waals surface area contributed by atoms with E-state index in [1.807, 2.05) is 6.07 Å². The standard InChI is InChI=1S/C29H37Cl/c1-3-5-6-7-9-23-12-17-26(18-13-23)27-19-14-24(15-20-27)10-11-25-16-21-28(8-4-2)29(30)22-25/h12-13,16-18,21-22,24,27H,3-9,14-15,19-20H2,1-2H3. The van der Waals surface area contributed by atoms with Crippen molar-refractivity contribution in [2.75, 3.05) is 0 Å². The monoisotopic (exact) mass is 420 g/mol. The van der Waals surface area contributed by atoms with Gasteiger partial charge in [0.05, 0.1) is 0 Å². The highest BCUT2D eigenvalue weighted by molar-refractivity contribution is 6.31. The van der Waals surface area contributed by atoms with Crippen LogP contribution in [0, 0.1) is 17.8 Å². The summed E-state index contributed by atoms with van der Waals surface area (Å²) in [6.45, 7) is 4.46. The summed E-state index contributed by atoms with van der Waals surface area (Å²) in [6, 6.07) is 15.8. The average molecular weight is 421 g/mol. The molecule has 0 aromatic heterocycles. The van der Waals surface area contributed by atoms with Gasteiger partial charge in [-0.3, -0.25) is 0 Å². The summed E-state index contributed by atoms with van der Waals surface area (Å²) >= 11 is 6.40. The van der Waals surface area contributed by atoms with Gasteiger partial charge < -0.3 is 0 Å². The number of unbranched alkanes of at least 4 members (excludes halogenated alkanes) is 3. The van der Waals surface area contributed by atoms with Gasteiger partial charge in [0.1, 0.15) is 0 Å². The summed E-state index contributed by atoms with van der Waals surface area (Å²) in [5, 5.41) is 0.862. The Kier molecular flexibility index (Phi) is 9.35. The highest BCUT2D eigenvalue weighted by Crippen LogP contribution is 2.35. The molecule has 0 radical (unpaired) electrons. The fourth-order valence-electron chi connectivity index (χ4n) is 4.57. The van der Waals surface area contributed by atoms with E-state index in [1.165, 1.54) is 74.5 Å². The average Bonchev–Trinajstić information content (AvgIpc) is 2.78. The largest absolute Gasteiger partial charge is 0.0945 e. The molecule has 1 heteroatoms. The van der Waals surface area contributed by atoms with Gasteiger partial charge in [-0.2, -0.15) is 0 Å². The van der Waals surface area contributed by atoms with Crippen molar-refractivity contribution in [2.45, 2.75) is 90.4 Å². The van der Waals surface area contributed by atoms with Crippen molar-refractivity contribution >= 4 is 11.6 Å². The molecule has 0 amide bonds. The van der Waals surface area contributed by atoms with Crippen LogP contribution in [0.15, 0.2) is 42.5 Å². The first-order valence-electron chi connectivity index (χ1n) is 12.1. The number of halogens is 1. The van der Waals surface area contributed by atoms with Crippen LogP contribution in [0.2, 0.25) is 5.02 Å². The molecule has 0 heterocycles. The van der Waals surface area contributed by atoms with Crippen molar-refractivity contribution in [3.63, 3.8) is 0 Å². The maximum absolute atomic E-state index is 6.40. The number of aryl methyl sites for hydroxylation is 2. The summed E-state index contributed by atoms with van der Waals surface area (Å²) in [7, 11) is 0. The van der Waals surface area contributed by atoms with E-state index in [0.717, 1.165) is 23.4 Å². The van der Waals surface area contributed by atoms with Crippen molar-refractivity contribution in [1.29, 1.82) is 0 Å². The zero-order chi connectivity index (χ0) is 21.2. The Morgan fingerprint density at radius 3 is 2.27 bits per heavy atom. The molecule has 0 nitrogen and oxygen atoms in total. The number of hydrogen-bond donors (Lipinski definition) is 0. The van der Waals surface area contributed by atoms with Crippen molar-refractivity contribution in [2.24, 2.45) is 5.92 Å². The molecule has 160 valence electrons. The molecule has 0 saturated heterocycles. The van der Waals surface area contributed by atoms with Crippen molar-refractivity contribution in [3.05, 3.63) is 69.7 Å². The molecule has 1 fully saturated rings. The van der Waals surface area contributed by atoms with Gasteiger partial charge >= 0.3 is 0 Å². The number of benzene rings is 2. The van der Waals surface area contributed by atoms with Gasteiger partial charge in [0.2, 0.25) is 0 Å². The lowest BCUT2D eigenvalue weighted by Crippen LogP contribution is -2.12. The van der Waals surface area contributed by atoms with Crippen LogP contribution in [0.25, 0.3) is 0 Å². The predicted octanol–water partition coefficient (Wildman–Crippen LogP) is 8.74. The molecule has 0 unspecified atom stereocenters. The Morgan fingerprint density at radius 2 is 1.60 bits per heavy atom. The first kappa shape index (κ1) is 23.0. The topological polar surface area (TPSA) is 0 Å². The Morgan fingerprint density at radius 1 is 0.833 bits per heavy atom. The molecule has 0 aliphatic heterocycles. The van der Waals surface area contributed by atoms with E-state index in [4.69, 9.17) is 11.6 Å². The summed E-state index contributed by atoms with van der Waals surface area (Å²) < 4.78 is 0. The molecule has 0 bridgehead atoms. The Balaban J connectivity index is 1.48. The second-order valence-electron chi connectivity index (χ2n) is 8.93. The summed E-state index contributed by atoms with van der Waals surface area (Å²) in [5.41, 5.74) is 5.31. The maximum atomic E-state index is 6.40. The highest BCUT2D eigenvalue weighted by Gasteiger charge is 2.21. The van der Waals surface area contributed by atoms with Crippen molar-refractivity contribution < 1.29 is 0 Å². The molecule has 2 aromatic carbocycles. The SMILES string of the molecule is CCCCCCc1ccc(C2CCC(C#Cc3ccc(CCC)c(Cl)c3)CC2)cc1. The van der Waals surface area contributed by atoms with Gasteiger partial charge in [-0.1, -0.05) is 93.3 Å². The Labute approximate surface area is 189 Å². The minimum absolute atomic E-state index is 0.521. The van der Waals surface area contributed by atoms with E-state index in [1.54, 1.807) is 0 Å². The van der Waals surface area contributed by atoms with Crippen LogP contribution in [0.5, 0.6) is 0 Å². The van der Waals surface area contributed by atoms with Gasteiger partial charge in [-0.15, -0.1) is 0 Å². The van der Waals surface area contributed by atoms with E-state index in [-0.39, 0.29) is 0 Å². The molecule has 30 heavy (non-hydrogen) atoms. The molecular weight excluding hydrogens is 384 g/mol. The quantitative estimate of drug-likeness (QED) is 0.295. The third-order valence-corrected chi connectivity index (χ3v) is 6.84. The normalized spacial score (nSPS) is 18.6. The molecule has 0 atom stereocenters. The van der Waals surface area contributed by atoms with Crippen LogP contribution in [0.4, 0.5) is 0 Å². The minimum Gasteiger partial charge on any atom is -0.0945 e. The molecule has 0 N–H and O–H groups in total. The van der Waals surface area contributed by atoms with Gasteiger partial charge in [0.15, 0.2) is 0 Å². The lowest BCUT2D eigenvalue weighted by Gasteiger charge is -2.26. The zero-order valence-corrected chi connectivity index (χ0v) is 19.6. The van der Waals surface area contributed by atoms with Crippen molar-refractivity contribution in [3.8, 4) is 11.8 Å². The molecule has 2 aromatic rings. The smallest absolute Gasteiger partial charge is 0.0450 e. The fraction of sp³-hybridized carbons (Fsp3) is 0.517. The zero-order valence-electron chi connectivity index (χ0n) is 18.9. The third-order valence-electron chi connectivity index (χ3n) is 6.49. The van der Waals surface area contributed by atoms with Gasteiger partial charge in [-0.25, -0.2) is 0 Å². The summed E-state index contributed by atoms with van der Waals surface area (Å²) in [4.78, 5) is 0. The lowest BCUT2D eigenvalue weighted by molar-refractivity contribution is 0.384. The molecule has 3 rings (SSSR count). The van der Waals surface area contributed by atoms with E-state index >= 15 is 0 Å². The Bertz CT molecular complexity index is 829. The Hall–Kier alpha value is -1.71.